The number of amides is 1. The molecule has 1 aliphatic rings. The van der Waals surface area contributed by atoms with E-state index in [1.54, 1.807) is 12.1 Å². The van der Waals surface area contributed by atoms with Gasteiger partial charge in [-0.05, 0) is 56.2 Å². The van der Waals surface area contributed by atoms with E-state index in [1.165, 1.54) is 16.4 Å². The molecule has 3 aromatic rings. The van der Waals surface area contributed by atoms with E-state index < -0.39 is 10.0 Å². The Balaban J connectivity index is 1.47. The lowest BCUT2D eigenvalue weighted by molar-refractivity contribution is 0.0935. The molecule has 1 aromatic heterocycles. The lowest BCUT2D eigenvalue weighted by Crippen LogP contribution is -2.28. The number of fused-ring (bicyclic) bond motifs is 1. The second-order valence-corrected chi connectivity index (χ2v) is 8.96. The van der Waals surface area contributed by atoms with E-state index >= 15 is 0 Å². The highest BCUT2D eigenvalue weighted by molar-refractivity contribution is 7.89. The van der Waals surface area contributed by atoms with E-state index in [-0.39, 0.29) is 16.8 Å². The molecule has 2 aromatic carbocycles. The second kappa shape index (κ2) is 7.41. The van der Waals surface area contributed by atoms with Gasteiger partial charge in [-0.3, -0.25) is 4.79 Å². The Morgan fingerprint density at radius 2 is 1.75 bits per heavy atom. The highest BCUT2D eigenvalue weighted by Gasteiger charge is 2.27. The monoisotopic (exact) mass is 398 g/mol. The average Bonchev–Trinajstić information content (AvgIpc) is 3.38. The van der Waals surface area contributed by atoms with E-state index in [1.807, 2.05) is 37.3 Å². The van der Waals surface area contributed by atoms with Crippen molar-refractivity contribution >= 4 is 26.9 Å². The van der Waals surface area contributed by atoms with Crippen LogP contribution in [0.25, 0.3) is 11.0 Å². The molecule has 0 saturated carbocycles. The molecule has 146 valence electrons. The van der Waals surface area contributed by atoms with E-state index in [4.69, 9.17) is 4.42 Å². The molecule has 1 atom stereocenters. The van der Waals surface area contributed by atoms with Crippen LogP contribution in [0.15, 0.2) is 63.9 Å². The second-order valence-electron chi connectivity index (χ2n) is 7.02. The number of carbonyl (C=O) groups excluding carboxylic acids is 1. The summed E-state index contributed by atoms with van der Waals surface area (Å²) in [6, 6.07) is 15.3. The molecule has 1 amide bonds. The van der Waals surface area contributed by atoms with Gasteiger partial charge in [-0.25, -0.2) is 8.42 Å². The van der Waals surface area contributed by atoms with Crippen LogP contribution in [-0.4, -0.2) is 31.7 Å². The maximum atomic E-state index is 12.6. The number of carbonyl (C=O) groups is 1. The Morgan fingerprint density at radius 1 is 1.07 bits per heavy atom. The molecule has 0 radical (unpaired) electrons. The standard InChI is InChI=1S/C21H22N2O4S/c1-15(20-14-17-6-2-3-7-19(17)27-20)22-21(24)16-8-10-18(11-9-16)28(25,26)23-12-4-5-13-23/h2-3,6-11,14-15H,4-5,12-13H2,1H3,(H,22,24)/t15-/m0/s1. The van der Waals surface area contributed by atoms with Gasteiger partial charge in [0.25, 0.3) is 5.91 Å². The number of nitrogens with one attached hydrogen (secondary N) is 1. The van der Waals surface area contributed by atoms with Crippen molar-refractivity contribution in [1.82, 2.24) is 9.62 Å². The Kier molecular flexibility index (Phi) is 4.95. The number of furan rings is 1. The SMILES string of the molecule is C[C@H](NC(=O)c1ccc(S(=O)(=O)N2CCCC2)cc1)c1cc2ccccc2o1. The van der Waals surface area contributed by atoms with Gasteiger partial charge in [0.2, 0.25) is 10.0 Å². The summed E-state index contributed by atoms with van der Waals surface area (Å²) < 4.78 is 32.4. The van der Waals surface area contributed by atoms with Crippen LogP contribution in [-0.2, 0) is 10.0 Å². The van der Waals surface area contributed by atoms with Gasteiger partial charge in [-0.15, -0.1) is 0 Å². The van der Waals surface area contributed by atoms with Gasteiger partial charge in [-0.2, -0.15) is 4.31 Å². The van der Waals surface area contributed by atoms with Gasteiger partial charge in [0.05, 0.1) is 10.9 Å². The normalized spacial score (nSPS) is 16.3. The summed E-state index contributed by atoms with van der Waals surface area (Å²) >= 11 is 0. The van der Waals surface area contributed by atoms with E-state index in [2.05, 4.69) is 5.32 Å². The maximum absolute atomic E-state index is 12.6. The first kappa shape index (κ1) is 18.7. The van der Waals surface area contributed by atoms with Crippen LogP contribution in [0.4, 0.5) is 0 Å². The Morgan fingerprint density at radius 3 is 2.43 bits per heavy atom. The van der Waals surface area contributed by atoms with Crippen molar-refractivity contribution in [2.24, 2.45) is 0 Å². The largest absolute Gasteiger partial charge is 0.459 e. The fourth-order valence-corrected chi connectivity index (χ4v) is 4.94. The van der Waals surface area contributed by atoms with Crippen LogP contribution in [0.2, 0.25) is 0 Å². The number of hydrogen-bond acceptors (Lipinski definition) is 4. The van der Waals surface area contributed by atoms with Crippen molar-refractivity contribution in [3.05, 3.63) is 65.9 Å². The lowest BCUT2D eigenvalue weighted by Gasteiger charge is -2.16. The quantitative estimate of drug-likeness (QED) is 0.711. The summed E-state index contributed by atoms with van der Waals surface area (Å²) in [4.78, 5) is 12.8. The third-order valence-corrected chi connectivity index (χ3v) is 6.95. The molecule has 1 saturated heterocycles. The third-order valence-electron chi connectivity index (χ3n) is 5.04. The van der Waals surface area contributed by atoms with Crippen LogP contribution < -0.4 is 5.32 Å². The molecule has 1 aliphatic heterocycles. The predicted molar refractivity (Wildman–Crippen MR) is 107 cm³/mol. The fourth-order valence-electron chi connectivity index (χ4n) is 3.42. The molecule has 2 heterocycles. The van der Waals surface area contributed by atoms with Crippen LogP contribution in [0.1, 0.15) is 41.9 Å². The van der Waals surface area contributed by atoms with Gasteiger partial charge >= 0.3 is 0 Å². The van der Waals surface area contributed by atoms with Crippen molar-refractivity contribution in [3.63, 3.8) is 0 Å². The fraction of sp³-hybridized carbons (Fsp3) is 0.286. The topological polar surface area (TPSA) is 79.6 Å². The molecule has 0 aliphatic carbocycles. The molecule has 4 rings (SSSR count). The van der Waals surface area contributed by atoms with Gasteiger partial charge in [0.15, 0.2) is 0 Å². The van der Waals surface area contributed by atoms with Crippen molar-refractivity contribution in [3.8, 4) is 0 Å². The minimum atomic E-state index is -3.48. The van der Waals surface area contributed by atoms with Crippen LogP contribution in [0, 0.1) is 0 Å². The van der Waals surface area contributed by atoms with Crippen molar-refractivity contribution in [2.45, 2.75) is 30.7 Å². The molecule has 7 heteroatoms. The van der Waals surface area contributed by atoms with Crippen molar-refractivity contribution in [1.29, 1.82) is 0 Å². The molecule has 6 nitrogen and oxygen atoms in total. The lowest BCUT2D eigenvalue weighted by atomic mass is 10.1. The number of nitrogens with zero attached hydrogens (tertiary/aromatic N) is 1. The molecule has 1 N–H and O–H groups in total. The van der Waals surface area contributed by atoms with E-state index in [9.17, 15) is 13.2 Å². The first-order valence-corrected chi connectivity index (χ1v) is 10.8. The Bertz CT molecular complexity index is 1060. The molecular weight excluding hydrogens is 376 g/mol. The van der Waals surface area contributed by atoms with E-state index in [0.29, 0.717) is 24.4 Å². The molecule has 1 fully saturated rings. The van der Waals surface area contributed by atoms with Gasteiger partial charge < -0.3 is 9.73 Å². The molecular formula is C21H22N2O4S. The summed E-state index contributed by atoms with van der Waals surface area (Å²) in [6.45, 7) is 2.96. The van der Waals surface area contributed by atoms with Crippen molar-refractivity contribution < 1.29 is 17.6 Å². The summed E-state index contributed by atoms with van der Waals surface area (Å²) in [5, 5.41) is 3.88. The number of sulfonamides is 1. The predicted octanol–water partition coefficient (Wildman–Crippen LogP) is 3.71. The minimum absolute atomic E-state index is 0.219. The zero-order valence-electron chi connectivity index (χ0n) is 15.6. The van der Waals surface area contributed by atoms with Crippen LogP contribution in [0.3, 0.4) is 0 Å². The van der Waals surface area contributed by atoms with Gasteiger partial charge in [0, 0.05) is 24.0 Å². The average molecular weight is 398 g/mol. The molecule has 0 bridgehead atoms. The molecule has 0 spiro atoms. The van der Waals surface area contributed by atoms with Crippen molar-refractivity contribution in [2.75, 3.05) is 13.1 Å². The summed E-state index contributed by atoms with van der Waals surface area (Å²) in [6.07, 6.45) is 1.78. The van der Waals surface area contributed by atoms with Gasteiger partial charge in [-0.1, -0.05) is 18.2 Å². The number of benzene rings is 2. The van der Waals surface area contributed by atoms with Crippen LogP contribution >= 0.6 is 0 Å². The van der Waals surface area contributed by atoms with Gasteiger partial charge in [0.1, 0.15) is 11.3 Å². The Labute approximate surface area is 164 Å². The first-order valence-electron chi connectivity index (χ1n) is 9.35. The summed E-state index contributed by atoms with van der Waals surface area (Å²) in [5.74, 6) is 0.390. The summed E-state index contributed by atoms with van der Waals surface area (Å²) in [5.41, 5.74) is 1.18. The Hall–Kier alpha value is -2.64. The zero-order valence-corrected chi connectivity index (χ0v) is 16.4. The molecule has 0 unspecified atom stereocenters. The zero-order chi connectivity index (χ0) is 19.7. The number of hydrogen-bond donors (Lipinski definition) is 1. The minimum Gasteiger partial charge on any atom is -0.459 e. The maximum Gasteiger partial charge on any atom is 0.251 e. The van der Waals surface area contributed by atoms with Crippen LogP contribution in [0.5, 0.6) is 0 Å². The summed E-state index contributed by atoms with van der Waals surface area (Å²) in [7, 11) is -3.48. The number of rotatable bonds is 5. The third kappa shape index (κ3) is 3.55. The highest BCUT2D eigenvalue weighted by atomic mass is 32.2. The smallest absolute Gasteiger partial charge is 0.251 e. The first-order chi connectivity index (χ1) is 13.4. The van der Waals surface area contributed by atoms with E-state index in [0.717, 1.165) is 23.8 Å². The number of para-hydroxylation sites is 1. The highest BCUT2D eigenvalue weighted by Crippen LogP contribution is 2.24. The molecule has 28 heavy (non-hydrogen) atoms.